The topological polar surface area (TPSA) is 43.3 Å². The molecule has 3 rings (SSSR count). The molecule has 0 aliphatic carbocycles. The number of ether oxygens (including phenoxy) is 1. The third kappa shape index (κ3) is 3.13. The number of amides is 1. The molecule has 1 heterocycles. The first-order valence-electron chi connectivity index (χ1n) is 8.20. The minimum atomic E-state index is -0.320. The fourth-order valence-electron chi connectivity index (χ4n) is 2.84. The quantitative estimate of drug-likeness (QED) is 0.749. The lowest BCUT2D eigenvalue weighted by molar-refractivity contribution is -0.118. The average molecular weight is 322 g/mol. The van der Waals surface area contributed by atoms with E-state index in [2.05, 4.69) is 30.4 Å². The molecule has 0 saturated heterocycles. The second kappa shape index (κ2) is 6.79. The number of aromatic nitrogens is 1. The van der Waals surface area contributed by atoms with Gasteiger partial charge >= 0.3 is 0 Å². The predicted octanol–water partition coefficient (Wildman–Crippen LogP) is 4.55. The number of anilines is 1. The number of nitrogens with one attached hydrogen (secondary N) is 1. The van der Waals surface area contributed by atoms with Crippen molar-refractivity contribution in [1.29, 1.82) is 0 Å². The Morgan fingerprint density at radius 3 is 2.79 bits per heavy atom. The molecule has 0 radical (unpaired) electrons. The number of nitrogens with zero attached hydrogens (tertiary/aromatic N) is 1. The molecule has 2 aromatic carbocycles. The lowest BCUT2D eigenvalue weighted by atomic mass is 10.2. The molecule has 0 aliphatic heterocycles. The number of fused-ring (bicyclic) bond motifs is 1. The van der Waals surface area contributed by atoms with Gasteiger partial charge in [0.2, 0.25) is 5.91 Å². The Hall–Kier alpha value is -2.75. The molecular weight excluding hydrogens is 300 g/mol. The summed E-state index contributed by atoms with van der Waals surface area (Å²) in [6.07, 6.45) is 1.96. The van der Waals surface area contributed by atoms with Crippen molar-refractivity contribution in [3.8, 4) is 5.75 Å². The maximum absolute atomic E-state index is 12.7. The summed E-state index contributed by atoms with van der Waals surface area (Å²) in [7, 11) is 0. The van der Waals surface area contributed by atoms with Crippen LogP contribution in [0.25, 0.3) is 10.9 Å². The van der Waals surface area contributed by atoms with E-state index >= 15 is 0 Å². The number of carbonyl (C=O) groups excluding carboxylic acids is 1. The van der Waals surface area contributed by atoms with Gasteiger partial charge in [-0.3, -0.25) is 4.79 Å². The van der Waals surface area contributed by atoms with E-state index in [0.29, 0.717) is 18.0 Å². The number of carbonyl (C=O) groups is 1. The maximum atomic E-state index is 12.7. The van der Waals surface area contributed by atoms with E-state index in [0.717, 1.165) is 10.9 Å². The van der Waals surface area contributed by atoms with Crippen molar-refractivity contribution in [1.82, 2.24) is 4.57 Å². The van der Waals surface area contributed by atoms with Crippen LogP contribution >= 0.6 is 0 Å². The van der Waals surface area contributed by atoms with Gasteiger partial charge in [0.1, 0.15) is 11.8 Å². The largest absolute Gasteiger partial charge is 0.492 e. The van der Waals surface area contributed by atoms with Crippen LogP contribution in [0.4, 0.5) is 5.69 Å². The first kappa shape index (κ1) is 16.1. The van der Waals surface area contributed by atoms with Crippen molar-refractivity contribution in [2.45, 2.75) is 26.8 Å². The summed E-state index contributed by atoms with van der Waals surface area (Å²) in [6, 6.07) is 15.5. The third-order valence-electron chi connectivity index (χ3n) is 4.12. The van der Waals surface area contributed by atoms with Gasteiger partial charge < -0.3 is 14.6 Å². The zero-order chi connectivity index (χ0) is 17.1. The van der Waals surface area contributed by atoms with E-state index < -0.39 is 0 Å². The van der Waals surface area contributed by atoms with Gasteiger partial charge in [-0.25, -0.2) is 0 Å². The molecule has 0 aliphatic rings. The van der Waals surface area contributed by atoms with E-state index in [9.17, 15) is 4.79 Å². The molecule has 3 aromatic rings. The zero-order valence-electron chi connectivity index (χ0n) is 14.2. The second-order valence-electron chi connectivity index (χ2n) is 5.88. The Kier molecular flexibility index (Phi) is 4.56. The molecule has 1 unspecified atom stereocenters. The Morgan fingerprint density at radius 2 is 2.00 bits per heavy atom. The molecular formula is C20H22N2O2. The predicted molar refractivity (Wildman–Crippen MR) is 97.6 cm³/mol. The van der Waals surface area contributed by atoms with Crippen LogP contribution in [0.2, 0.25) is 0 Å². The van der Waals surface area contributed by atoms with Crippen LogP contribution in [0.1, 0.15) is 25.5 Å². The highest BCUT2D eigenvalue weighted by Gasteiger charge is 2.18. The minimum Gasteiger partial charge on any atom is -0.492 e. The monoisotopic (exact) mass is 322 g/mol. The second-order valence-corrected chi connectivity index (χ2v) is 5.88. The van der Waals surface area contributed by atoms with E-state index in [1.807, 2.05) is 54.9 Å². The van der Waals surface area contributed by atoms with Gasteiger partial charge in [0.15, 0.2) is 0 Å². The van der Waals surface area contributed by atoms with Crippen molar-refractivity contribution in [2.75, 3.05) is 11.9 Å². The zero-order valence-corrected chi connectivity index (χ0v) is 14.2. The van der Waals surface area contributed by atoms with Crippen LogP contribution in [-0.2, 0) is 4.79 Å². The van der Waals surface area contributed by atoms with Gasteiger partial charge in [0.05, 0.1) is 12.3 Å². The Labute approximate surface area is 142 Å². The maximum Gasteiger partial charge on any atom is 0.247 e. The van der Waals surface area contributed by atoms with Crippen LogP contribution in [0.3, 0.4) is 0 Å². The van der Waals surface area contributed by atoms with Gasteiger partial charge in [-0.15, -0.1) is 0 Å². The number of aryl methyl sites for hydroxylation is 1. The summed E-state index contributed by atoms with van der Waals surface area (Å²) < 4.78 is 7.56. The van der Waals surface area contributed by atoms with Gasteiger partial charge in [-0.2, -0.15) is 0 Å². The van der Waals surface area contributed by atoms with Gasteiger partial charge in [-0.1, -0.05) is 23.8 Å². The molecule has 24 heavy (non-hydrogen) atoms. The average Bonchev–Trinajstić information content (AvgIpc) is 2.99. The molecule has 124 valence electrons. The van der Waals surface area contributed by atoms with E-state index in [4.69, 9.17) is 4.74 Å². The Morgan fingerprint density at radius 1 is 1.21 bits per heavy atom. The van der Waals surface area contributed by atoms with Crippen molar-refractivity contribution in [2.24, 2.45) is 0 Å². The van der Waals surface area contributed by atoms with Gasteiger partial charge in [0.25, 0.3) is 0 Å². The molecule has 0 bridgehead atoms. The molecule has 1 amide bonds. The Balaban J connectivity index is 1.84. The molecule has 0 fully saturated rings. The van der Waals surface area contributed by atoms with Crippen molar-refractivity contribution in [3.05, 3.63) is 60.3 Å². The SMILES string of the molecule is CCOc1ccccc1NC(=O)C(C)n1ccc2cc(C)ccc21. The van der Waals surface area contributed by atoms with Gasteiger partial charge in [-0.05, 0) is 56.5 Å². The molecule has 4 nitrogen and oxygen atoms in total. The summed E-state index contributed by atoms with van der Waals surface area (Å²) >= 11 is 0. The summed E-state index contributed by atoms with van der Waals surface area (Å²) in [4.78, 5) is 12.7. The van der Waals surface area contributed by atoms with Crippen LogP contribution < -0.4 is 10.1 Å². The van der Waals surface area contributed by atoms with Crippen molar-refractivity contribution >= 4 is 22.5 Å². The summed E-state index contributed by atoms with van der Waals surface area (Å²) in [5, 5.41) is 4.12. The fraction of sp³-hybridized carbons (Fsp3) is 0.250. The molecule has 4 heteroatoms. The highest BCUT2D eigenvalue weighted by atomic mass is 16.5. The highest BCUT2D eigenvalue weighted by molar-refractivity contribution is 5.96. The van der Waals surface area contributed by atoms with E-state index in [-0.39, 0.29) is 11.9 Å². The standard InChI is InChI=1S/C20H22N2O2/c1-4-24-19-8-6-5-7-17(19)21-20(23)15(3)22-12-11-16-13-14(2)9-10-18(16)22/h5-13,15H,4H2,1-3H3,(H,21,23). The van der Waals surface area contributed by atoms with E-state index in [1.54, 1.807) is 0 Å². The van der Waals surface area contributed by atoms with Crippen molar-refractivity contribution in [3.63, 3.8) is 0 Å². The first-order valence-corrected chi connectivity index (χ1v) is 8.20. The molecule has 1 aromatic heterocycles. The smallest absolute Gasteiger partial charge is 0.247 e. The normalized spacial score (nSPS) is 12.1. The van der Waals surface area contributed by atoms with Crippen molar-refractivity contribution < 1.29 is 9.53 Å². The number of hydrogen-bond donors (Lipinski definition) is 1. The molecule has 1 atom stereocenters. The van der Waals surface area contributed by atoms with Gasteiger partial charge in [0, 0.05) is 11.7 Å². The number of benzene rings is 2. The number of rotatable bonds is 5. The summed E-state index contributed by atoms with van der Waals surface area (Å²) in [5.74, 6) is 0.619. The lowest BCUT2D eigenvalue weighted by Crippen LogP contribution is -2.23. The number of para-hydroxylation sites is 2. The summed E-state index contributed by atoms with van der Waals surface area (Å²) in [6.45, 7) is 6.45. The highest BCUT2D eigenvalue weighted by Crippen LogP contribution is 2.26. The van der Waals surface area contributed by atoms with Crippen LogP contribution in [0.5, 0.6) is 5.75 Å². The molecule has 0 saturated carbocycles. The lowest BCUT2D eigenvalue weighted by Gasteiger charge is -2.17. The minimum absolute atomic E-state index is 0.0692. The molecule has 0 spiro atoms. The third-order valence-corrected chi connectivity index (χ3v) is 4.12. The van der Waals surface area contributed by atoms with Crippen LogP contribution in [0, 0.1) is 6.92 Å². The van der Waals surface area contributed by atoms with E-state index in [1.165, 1.54) is 5.56 Å². The first-order chi connectivity index (χ1) is 11.6. The summed E-state index contributed by atoms with van der Waals surface area (Å²) in [5.41, 5.74) is 2.97. The Bertz CT molecular complexity index is 867. The fourth-order valence-corrected chi connectivity index (χ4v) is 2.84. The number of hydrogen-bond acceptors (Lipinski definition) is 2. The molecule has 1 N–H and O–H groups in total. The van der Waals surface area contributed by atoms with Crippen LogP contribution in [0.15, 0.2) is 54.7 Å². The van der Waals surface area contributed by atoms with Crippen LogP contribution in [-0.4, -0.2) is 17.1 Å².